The second-order valence-electron chi connectivity index (χ2n) is 3.58. The topological polar surface area (TPSA) is 101 Å². The molecule has 7 heteroatoms. The molecule has 2 heterocycles. The van der Waals surface area contributed by atoms with Gasteiger partial charge in [0.15, 0.2) is 0 Å². The van der Waals surface area contributed by atoms with Crippen LogP contribution in [0.2, 0.25) is 0 Å². The molecule has 2 N–H and O–H groups in total. The molecule has 0 amide bonds. The van der Waals surface area contributed by atoms with Gasteiger partial charge in [-0.3, -0.25) is 0 Å². The van der Waals surface area contributed by atoms with Gasteiger partial charge in [0.1, 0.15) is 12.2 Å². The largest absolute Gasteiger partial charge is 0.479 e. The van der Waals surface area contributed by atoms with E-state index in [0.717, 1.165) is 0 Å². The van der Waals surface area contributed by atoms with Crippen LogP contribution in [0.25, 0.3) is 0 Å². The summed E-state index contributed by atoms with van der Waals surface area (Å²) in [4.78, 5) is 10.2. The van der Waals surface area contributed by atoms with Gasteiger partial charge in [0.2, 0.25) is 0 Å². The van der Waals surface area contributed by atoms with Crippen LogP contribution in [-0.4, -0.2) is 43.5 Å². The lowest BCUT2D eigenvalue weighted by atomic mass is 10.1. The van der Waals surface area contributed by atoms with Crippen molar-refractivity contribution in [1.82, 2.24) is 15.0 Å². The molecule has 7 nitrogen and oxygen atoms in total. The third-order valence-electron chi connectivity index (χ3n) is 2.33. The van der Waals surface area contributed by atoms with E-state index in [2.05, 4.69) is 15.0 Å². The van der Waals surface area contributed by atoms with E-state index in [-0.39, 0.29) is 24.3 Å². The molecule has 1 aliphatic rings. The molecule has 0 radical (unpaired) electrons. The van der Waals surface area contributed by atoms with Crippen LogP contribution >= 0.6 is 0 Å². The first-order valence-electron chi connectivity index (χ1n) is 4.44. The number of hydrogen-bond acceptors (Lipinski definition) is 7. The second-order valence-corrected chi connectivity index (χ2v) is 3.58. The summed E-state index contributed by atoms with van der Waals surface area (Å²) in [6.45, 7) is 4.07. The Labute approximate surface area is 85.7 Å². The molecule has 1 saturated heterocycles. The minimum atomic E-state index is -0.576. The van der Waals surface area contributed by atoms with Gasteiger partial charge in [0, 0.05) is 0 Å². The maximum absolute atomic E-state index is 8.96. The Morgan fingerprint density at radius 3 is 2.33 bits per heavy atom. The van der Waals surface area contributed by atoms with Gasteiger partial charge in [-0.1, -0.05) is 0 Å². The Kier molecular flexibility index (Phi) is 2.11. The lowest BCUT2D eigenvalue weighted by Crippen LogP contribution is -2.20. The number of aromatic hydroxyl groups is 2. The number of hydrogen-bond donors (Lipinski definition) is 2. The van der Waals surface area contributed by atoms with E-state index in [4.69, 9.17) is 19.7 Å². The van der Waals surface area contributed by atoms with Gasteiger partial charge in [0.05, 0.1) is 6.10 Å². The average molecular weight is 213 g/mol. The van der Waals surface area contributed by atoms with Crippen LogP contribution in [-0.2, 0) is 4.74 Å². The minimum Gasteiger partial charge on any atom is -0.479 e. The Balaban J connectivity index is 1.99. The van der Waals surface area contributed by atoms with E-state index in [1.54, 1.807) is 0 Å². The summed E-state index contributed by atoms with van der Waals surface area (Å²) in [5, 5.41) is 17.9. The standard InChI is InChI=1S/C8H11N3O4/c1-4-8(2,15-4)3-14-7-10-5(12)9-6(13)11-7/h4H,3H2,1-2H3,(H2,9,10,11,12,13). The van der Waals surface area contributed by atoms with Gasteiger partial charge in [-0.05, 0) is 13.8 Å². The first-order valence-corrected chi connectivity index (χ1v) is 4.44. The second kappa shape index (κ2) is 3.20. The smallest absolute Gasteiger partial charge is 0.325 e. The first kappa shape index (κ1) is 9.91. The fraction of sp³-hybridized carbons (Fsp3) is 0.625. The van der Waals surface area contributed by atoms with Crippen LogP contribution in [0, 0.1) is 0 Å². The highest BCUT2D eigenvalue weighted by atomic mass is 16.6. The van der Waals surface area contributed by atoms with Crippen LogP contribution in [0.5, 0.6) is 18.0 Å². The lowest BCUT2D eigenvalue weighted by Gasteiger charge is -2.07. The van der Waals surface area contributed by atoms with Crippen LogP contribution in [0.15, 0.2) is 0 Å². The number of epoxide rings is 1. The molecule has 0 aliphatic carbocycles. The molecule has 1 aliphatic heterocycles. The highest BCUT2D eigenvalue weighted by Gasteiger charge is 2.49. The van der Waals surface area contributed by atoms with E-state index >= 15 is 0 Å². The molecular weight excluding hydrogens is 202 g/mol. The Morgan fingerprint density at radius 1 is 1.33 bits per heavy atom. The molecule has 2 atom stereocenters. The zero-order valence-corrected chi connectivity index (χ0v) is 8.34. The van der Waals surface area contributed by atoms with Crippen LogP contribution < -0.4 is 4.74 Å². The zero-order valence-electron chi connectivity index (χ0n) is 8.34. The van der Waals surface area contributed by atoms with Gasteiger partial charge in [0.25, 0.3) is 0 Å². The van der Waals surface area contributed by atoms with Crippen LogP contribution in [0.1, 0.15) is 13.8 Å². The molecule has 0 spiro atoms. The maximum atomic E-state index is 8.96. The highest BCUT2D eigenvalue weighted by Crippen LogP contribution is 2.35. The van der Waals surface area contributed by atoms with Gasteiger partial charge >= 0.3 is 18.0 Å². The summed E-state index contributed by atoms with van der Waals surface area (Å²) in [7, 11) is 0. The summed E-state index contributed by atoms with van der Waals surface area (Å²) in [5.74, 6) is 0. The first-order chi connectivity index (χ1) is 6.99. The third kappa shape index (κ3) is 2.07. The van der Waals surface area contributed by atoms with E-state index < -0.39 is 12.0 Å². The minimum absolute atomic E-state index is 0.121. The summed E-state index contributed by atoms with van der Waals surface area (Å²) in [5.41, 5.74) is -0.335. The maximum Gasteiger partial charge on any atom is 0.325 e. The van der Waals surface area contributed by atoms with E-state index in [0.29, 0.717) is 0 Å². The quantitative estimate of drug-likeness (QED) is 0.672. The zero-order chi connectivity index (χ0) is 11.1. The van der Waals surface area contributed by atoms with Crippen molar-refractivity contribution in [2.24, 2.45) is 0 Å². The van der Waals surface area contributed by atoms with Gasteiger partial charge in [-0.2, -0.15) is 0 Å². The van der Waals surface area contributed by atoms with E-state index in [9.17, 15) is 0 Å². The van der Waals surface area contributed by atoms with Crippen molar-refractivity contribution in [1.29, 1.82) is 0 Å². The van der Waals surface area contributed by atoms with Crippen molar-refractivity contribution >= 4 is 0 Å². The Morgan fingerprint density at radius 2 is 1.87 bits per heavy atom. The monoisotopic (exact) mass is 213 g/mol. The fourth-order valence-corrected chi connectivity index (χ4v) is 1.13. The molecule has 2 unspecified atom stereocenters. The highest BCUT2D eigenvalue weighted by molar-refractivity contribution is 5.07. The van der Waals surface area contributed by atoms with E-state index in [1.165, 1.54) is 0 Å². The van der Waals surface area contributed by atoms with Gasteiger partial charge in [-0.15, -0.1) is 15.0 Å². The predicted molar refractivity (Wildman–Crippen MR) is 47.6 cm³/mol. The van der Waals surface area contributed by atoms with Crippen molar-refractivity contribution in [3.05, 3.63) is 0 Å². The summed E-state index contributed by atoms with van der Waals surface area (Å²) in [6.07, 6.45) is 0.126. The molecule has 0 aromatic carbocycles. The molecule has 0 bridgehead atoms. The van der Waals surface area contributed by atoms with Gasteiger partial charge in [-0.25, -0.2) is 0 Å². The average Bonchev–Trinajstić information content (AvgIpc) is 2.71. The number of rotatable bonds is 3. The van der Waals surface area contributed by atoms with E-state index in [1.807, 2.05) is 13.8 Å². The lowest BCUT2D eigenvalue weighted by molar-refractivity contribution is 0.186. The fourth-order valence-electron chi connectivity index (χ4n) is 1.13. The summed E-state index contributed by atoms with van der Waals surface area (Å²) < 4.78 is 10.4. The molecule has 1 fully saturated rings. The van der Waals surface area contributed by atoms with Crippen LogP contribution in [0.3, 0.4) is 0 Å². The number of aromatic nitrogens is 3. The SMILES string of the molecule is CC1OC1(C)COc1nc(O)nc(O)n1. The van der Waals surface area contributed by atoms with Gasteiger partial charge < -0.3 is 19.7 Å². The van der Waals surface area contributed by atoms with Crippen molar-refractivity contribution in [3.8, 4) is 18.0 Å². The predicted octanol–water partition coefficient (Wildman–Crippen LogP) is -0.161. The third-order valence-corrected chi connectivity index (χ3v) is 2.33. The molecule has 15 heavy (non-hydrogen) atoms. The summed E-state index contributed by atoms with van der Waals surface area (Å²) >= 11 is 0. The molecule has 2 rings (SSSR count). The Bertz CT molecular complexity index is 366. The number of ether oxygens (including phenoxy) is 2. The molecule has 0 saturated carbocycles. The molecule has 1 aromatic rings. The van der Waals surface area contributed by atoms with Crippen LogP contribution in [0.4, 0.5) is 0 Å². The van der Waals surface area contributed by atoms with Crippen molar-refractivity contribution in [3.63, 3.8) is 0 Å². The van der Waals surface area contributed by atoms with Crippen molar-refractivity contribution < 1.29 is 19.7 Å². The molecule has 1 aromatic heterocycles. The number of nitrogens with zero attached hydrogens (tertiary/aromatic N) is 3. The molecule has 82 valence electrons. The normalized spacial score (nSPS) is 28.8. The Hall–Kier alpha value is -1.63. The summed E-state index contributed by atoms with van der Waals surface area (Å²) in [6, 6.07) is -1.27. The van der Waals surface area contributed by atoms with Crippen molar-refractivity contribution in [2.75, 3.05) is 6.61 Å². The molecular formula is C8H11N3O4. The van der Waals surface area contributed by atoms with Crippen molar-refractivity contribution in [2.45, 2.75) is 25.6 Å².